The molecule has 0 aromatic heterocycles. The Morgan fingerprint density at radius 2 is 1.50 bits per heavy atom. The van der Waals surface area contributed by atoms with E-state index >= 15 is 0 Å². The summed E-state index contributed by atoms with van der Waals surface area (Å²) in [6.07, 6.45) is 7.71. The van der Waals surface area contributed by atoms with Crippen LogP contribution in [-0.2, 0) is 26.2 Å². The van der Waals surface area contributed by atoms with Gasteiger partial charge in [-0.25, -0.2) is 0 Å². The Labute approximate surface area is 147 Å². The topological polar surface area (TPSA) is 42.3 Å². The molecule has 0 spiro atoms. The number of nitrogens with zero attached hydrogens (tertiary/aromatic N) is 3. The fraction of sp³-hybridized carbons (Fsp3) is 0.688. The first-order valence-electron chi connectivity index (χ1n) is 6.51. The van der Waals surface area contributed by atoms with Gasteiger partial charge in [0.15, 0.2) is 0 Å². The van der Waals surface area contributed by atoms with Crippen molar-refractivity contribution in [3.05, 3.63) is 47.2 Å². The molecule has 0 saturated heterocycles. The summed E-state index contributed by atoms with van der Waals surface area (Å²) in [5.41, 5.74) is 1.53. The molecule has 1 aliphatic carbocycles. The summed E-state index contributed by atoms with van der Waals surface area (Å²) in [5, 5.41) is 11.5. The van der Waals surface area contributed by atoms with E-state index in [1.807, 2.05) is 0 Å². The van der Waals surface area contributed by atoms with Crippen molar-refractivity contribution >= 4 is 0 Å². The molecule has 1 atom stereocenters. The number of rotatable bonds is 4. The molecule has 1 unspecified atom stereocenters. The van der Waals surface area contributed by atoms with Crippen LogP contribution in [0.4, 0.5) is 0 Å². The van der Waals surface area contributed by atoms with E-state index in [1.54, 1.807) is 28.2 Å². The first-order chi connectivity index (χ1) is 8.53. The van der Waals surface area contributed by atoms with Gasteiger partial charge in [0.1, 0.15) is 0 Å². The van der Waals surface area contributed by atoms with E-state index in [-0.39, 0.29) is 33.6 Å². The van der Waals surface area contributed by atoms with Crippen LogP contribution >= 0.6 is 0 Å². The van der Waals surface area contributed by atoms with E-state index in [0.717, 1.165) is 13.0 Å². The van der Waals surface area contributed by atoms with Crippen molar-refractivity contribution in [2.75, 3.05) is 34.7 Å². The van der Waals surface area contributed by atoms with Crippen LogP contribution in [0.1, 0.15) is 27.2 Å². The second-order valence-electron chi connectivity index (χ2n) is 4.63. The Morgan fingerprint density at radius 3 is 1.80 bits per heavy atom. The van der Waals surface area contributed by atoms with Crippen molar-refractivity contribution < 1.29 is 26.2 Å². The van der Waals surface area contributed by atoms with E-state index < -0.39 is 0 Å². The van der Waals surface area contributed by atoms with Crippen molar-refractivity contribution in [1.29, 1.82) is 0 Å². The smallest absolute Gasteiger partial charge is 0.668 e. The number of allylic oxidation sites excluding steroid dienone is 3. The van der Waals surface area contributed by atoms with Crippen molar-refractivity contribution in [3.63, 3.8) is 0 Å². The van der Waals surface area contributed by atoms with E-state index in [4.69, 9.17) is 0 Å². The molecule has 0 fully saturated rings. The molecule has 116 valence electrons. The van der Waals surface area contributed by atoms with E-state index in [2.05, 4.69) is 54.9 Å². The molecule has 0 heterocycles. The summed E-state index contributed by atoms with van der Waals surface area (Å²) in [6, 6.07) is 0.474. The minimum Gasteiger partial charge on any atom is -0.668 e. The maximum absolute atomic E-state index is 4.50. The van der Waals surface area contributed by atoms with Gasteiger partial charge in [-0.3, -0.25) is 0 Å². The Morgan fingerprint density at radius 1 is 1.05 bits per heavy atom. The van der Waals surface area contributed by atoms with Crippen LogP contribution in [0.15, 0.2) is 23.8 Å². The maximum Gasteiger partial charge on any atom is 4.00 e. The van der Waals surface area contributed by atoms with Crippen LogP contribution in [0, 0.1) is 13.3 Å². The normalized spacial score (nSPS) is 12.9. The summed E-state index contributed by atoms with van der Waals surface area (Å²) in [6.45, 7) is 7.50. The van der Waals surface area contributed by atoms with Crippen LogP contribution in [0.25, 0.3) is 16.0 Å². The second-order valence-corrected chi connectivity index (χ2v) is 4.63. The largest absolute Gasteiger partial charge is 4.00 e. The first-order valence-corrected chi connectivity index (χ1v) is 6.51. The standard InChI is InChI=1S/C11H18N.2C2H6N.CH3.Zr/c1-9(2)12-8-10(3)11-6-4-5-7-11;2*1-3-2;;/h4-6,9-10H,7-8H2,1-3H3;2*1-2H3;1H3;/q4*-1;+4. The fourth-order valence-electron chi connectivity index (χ4n) is 1.32. The van der Waals surface area contributed by atoms with Gasteiger partial charge in [-0.2, -0.15) is 28.2 Å². The summed E-state index contributed by atoms with van der Waals surface area (Å²) < 4.78 is 0. The molecule has 0 aliphatic heterocycles. The van der Waals surface area contributed by atoms with E-state index in [1.165, 1.54) is 5.57 Å². The van der Waals surface area contributed by atoms with Gasteiger partial charge in [-0.1, -0.05) is 44.6 Å². The molecule has 4 heteroatoms. The van der Waals surface area contributed by atoms with Gasteiger partial charge < -0.3 is 23.4 Å². The van der Waals surface area contributed by atoms with Crippen LogP contribution in [-0.4, -0.2) is 40.8 Å². The maximum atomic E-state index is 4.50. The van der Waals surface area contributed by atoms with Gasteiger partial charge in [0.2, 0.25) is 0 Å². The average Bonchev–Trinajstić information content (AvgIpc) is 2.81. The van der Waals surface area contributed by atoms with Crippen molar-refractivity contribution in [1.82, 2.24) is 0 Å². The van der Waals surface area contributed by atoms with Crippen molar-refractivity contribution in [2.45, 2.75) is 33.2 Å². The molecule has 3 nitrogen and oxygen atoms in total. The molecule has 0 aromatic carbocycles. The number of hydrogen-bond acceptors (Lipinski definition) is 0. The zero-order chi connectivity index (χ0) is 14.4. The molecular formula is C16H33N3Zr. The van der Waals surface area contributed by atoms with Crippen molar-refractivity contribution in [3.8, 4) is 0 Å². The third-order valence-electron chi connectivity index (χ3n) is 2.18. The summed E-state index contributed by atoms with van der Waals surface area (Å²) in [4.78, 5) is 0. The third-order valence-corrected chi connectivity index (χ3v) is 2.18. The predicted octanol–water partition coefficient (Wildman–Crippen LogP) is 4.98. The van der Waals surface area contributed by atoms with Gasteiger partial charge in [0.25, 0.3) is 0 Å². The summed E-state index contributed by atoms with van der Waals surface area (Å²) >= 11 is 0. The molecule has 0 saturated carbocycles. The molecule has 1 rings (SSSR count). The Bertz CT molecular complexity index is 224. The third kappa shape index (κ3) is 20.6. The zero-order valence-corrected chi connectivity index (χ0v) is 17.1. The van der Waals surface area contributed by atoms with E-state index in [0.29, 0.717) is 12.0 Å². The van der Waals surface area contributed by atoms with Gasteiger partial charge in [0, 0.05) is 0 Å². The molecular weight excluding hydrogens is 325 g/mol. The van der Waals surface area contributed by atoms with Crippen LogP contribution in [0.5, 0.6) is 0 Å². The Hall–Kier alpha value is 0.243. The van der Waals surface area contributed by atoms with Gasteiger partial charge in [-0.05, 0) is 12.3 Å². The average molecular weight is 359 g/mol. The zero-order valence-electron chi connectivity index (χ0n) is 14.6. The minimum absolute atomic E-state index is 0. The Balaban J connectivity index is -0.000000139. The molecule has 0 radical (unpaired) electrons. The van der Waals surface area contributed by atoms with Gasteiger partial charge in [-0.15, -0.1) is 12.6 Å². The first kappa shape index (κ1) is 28.4. The van der Waals surface area contributed by atoms with Gasteiger partial charge >= 0.3 is 26.2 Å². The quantitative estimate of drug-likeness (QED) is 0.636. The summed E-state index contributed by atoms with van der Waals surface area (Å²) in [5.74, 6) is 0.627. The van der Waals surface area contributed by atoms with Crippen molar-refractivity contribution in [2.24, 2.45) is 5.92 Å². The number of hydrogen-bond donors (Lipinski definition) is 0. The molecule has 0 N–H and O–H groups in total. The molecule has 0 bridgehead atoms. The Kier molecular flexibility index (Phi) is 30.6. The van der Waals surface area contributed by atoms with Crippen LogP contribution in [0.3, 0.4) is 0 Å². The monoisotopic (exact) mass is 357 g/mol. The SMILES string of the molecule is CC(C)[N-]CC(C)C1=CC=CC1.C[N-]C.C[N-]C.[CH3-].[Zr+4]. The predicted molar refractivity (Wildman–Crippen MR) is 91.2 cm³/mol. The molecule has 0 aromatic rings. The molecule has 0 amide bonds. The van der Waals surface area contributed by atoms with Gasteiger partial charge in [0.05, 0.1) is 0 Å². The van der Waals surface area contributed by atoms with Crippen LogP contribution < -0.4 is 0 Å². The summed E-state index contributed by atoms with van der Waals surface area (Å²) in [7, 11) is 7.00. The van der Waals surface area contributed by atoms with E-state index in [9.17, 15) is 0 Å². The fourth-order valence-corrected chi connectivity index (χ4v) is 1.32. The second kappa shape index (κ2) is 21.5. The molecule has 20 heavy (non-hydrogen) atoms. The minimum atomic E-state index is 0. The van der Waals surface area contributed by atoms with Crippen LogP contribution in [0.2, 0.25) is 0 Å². The molecule has 1 aliphatic rings.